The maximum Gasteiger partial charge on any atom is 0.230 e. The van der Waals surface area contributed by atoms with Crippen molar-refractivity contribution in [1.29, 1.82) is 0 Å². The molecular formula is C19H28N6O. The van der Waals surface area contributed by atoms with Gasteiger partial charge in [-0.1, -0.05) is 6.42 Å². The van der Waals surface area contributed by atoms with Crippen molar-refractivity contribution in [3.63, 3.8) is 0 Å². The Morgan fingerprint density at radius 2 is 2.15 bits per heavy atom. The van der Waals surface area contributed by atoms with Gasteiger partial charge in [-0.15, -0.1) is 0 Å². The fraction of sp³-hybridized carbons (Fsp3) is 0.632. The Morgan fingerprint density at radius 1 is 1.35 bits per heavy atom. The first-order chi connectivity index (χ1) is 12.5. The van der Waals surface area contributed by atoms with Crippen LogP contribution in [0.4, 0.5) is 0 Å². The van der Waals surface area contributed by atoms with Crippen LogP contribution in [0.1, 0.15) is 48.0 Å². The number of aromatic nitrogens is 4. The molecule has 3 heterocycles. The molecule has 26 heavy (non-hydrogen) atoms. The van der Waals surface area contributed by atoms with Gasteiger partial charge < -0.3 is 9.88 Å². The lowest BCUT2D eigenvalue weighted by Crippen LogP contribution is -2.43. The molecule has 1 amide bonds. The normalized spacial score (nSPS) is 20.7. The lowest BCUT2D eigenvalue weighted by atomic mass is 9.85. The molecule has 0 saturated heterocycles. The van der Waals surface area contributed by atoms with Gasteiger partial charge in [-0.05, 0) is 31.7 Å². The molecule has 0 bridgehead atoms. The summed E-state index contributed by atoms with van der Waals surface area (Å²) < 4.78 is 3.93. The van der Waals surface area contributed by atoms with Crippen molar-refractivity contribution in [2.75, 3.05) is 13.1 Å². The summed E-state index contributed by atoms with van der Waals surface area (Å²) in [6.07, 6.45) is 5.62. The highest BCUT2D eigenvalue weighted by Crippen LogP contribution is 2.29. The predicted octanol–water partition coefficient (Wildman–Crippen LogP) is 1.48. The Hall–Kier alpha value is -2.15. The zero-order valence-electron chi connectivity index (χ0n) is 15.9. The topological polar surface area (TPSA) is 68.0 Å². The fourth-order valence-electron chi connectivity index (χ4n) is 4.11. The summed E-state index contributed by atoms with van der Waals surface area (Å²) in [5.41, 5.74) is 4.26. The average molecular weight is 356 g/mol. The van der Waals surface area contributed by atoms with E-state index < -0.39 is 0 Å². The molecule has 7 nitrogen and oxygen atoms in total. The molecule has 2 aliphatic rings. The second-order valence-electron chi connectivity index (χ2n) is 7.85. The first kappa shape index (κ1) is 17.3. The predicted molar refractivity (Wildman–Crippen MR) is 98.4 cm³/mol. The largest absolute Gasteiger partial charge is 0.355 e. The summed E-state index contributed by atoms with van der Waals surface area (Å²) in [7, 11) is 3.96. The molecule has 0 spiro atoms. The van der Waals surface area contributed by atoms with Gasteiger partial charge in [0, 0.05) is 40.3 Å². The third kappa shape index (κ3) is 3.28. The van der Waals surface area contributed by atoms with Gasteiger partial charge in [0.2, 0.25) is 5.91 Å². The molecule has 4 rings (SSSR count). The number of hydrogen-bond donors (Lipinski definition) is 1. The fourth-order valence-corrected chi connectivity index (χ4v) is 4.11. The monoisotopic (exact) mass is 356 g/mol. The van der Waals surface area contributed by atoms with Crippen LogP contribution in [-0.4, -0.2) is 43.2 Å². The maximum atomic E-state index is 12.9. The van der Waals surface area contributed by atoms with Crippen LogP contribution in [0.5, 0.6) is 0 Å². The Labute approximate surface area is 154 Å². The van der Waals surface area contributed by atoms with Crippen molar-refractivity contribution in [3.8, 4) is 0 Å². The van der Waals surface area contributed by atoms with Gasteiger partial charge in [-0.25, -0.2) is 4.98 Å². The highest BCUT2D eigenvalue weighted by atomic mass is 16.1. The van der Waals surface area contributed by atoms with E-state index in [0.717, 1.165) is 42.4 Å². The molecule has 0 unspecified atom stereocenters. The molecule has 1 aliphatic heterocycles. The summed E-state index contributed by atoms with van der Waals surface area (Å²) in [6, 6.07) is 2.11. The van der Waals surface area contributed by atoms with Gasteiger partial charge in [-0.2, -0.15) is 5.10 Å². The van der Waals surface area contributed by atoms with E-state index in [4.69, 9.17) is 0 Å². The van der Waals surface area contributed by atoms with Gasteiger partial charge >= 0.3 is 0 Å². The second-order valence-corrected chi connectivity index (χ2v) is 7.85. The minimum absolute atomic E-state index is 0.132. The summed E-state index contributed by atoms with van der Waals surface area (Å²) in [5.74, 6) is 0.635. The zero-order chi connectivity index (χ0) is 18.3. The Balaban J connectivity index is 1.51. The number of imidazole rings is 1. The second kappa shape index (κ2) is 6.87. The number of aryl methyl sites for hydroxylation is 3. The summed E-state index contributed by atoms with van der Waals surface area (Å²) in [6.45, 7) is 5.08. The lowest BCUT2D eigenvalue weighted by Gasteiger charge is -2.33. The third-order valence-electron chi connectivity index (χ3n) is 5.80. The number of hydrogen-bond acceptors (Lipinski definition) is 4. The number of fused-ring (bicyclic) bond motifs is 1. The highest BCUT2D eigenvalue weighted by molar-refractivity contribution is 5.84. The van der Waals surface area contributed by atoms with Crippen molar-refractivity contribution in [1.82, 2.24) is 29.5 Å². The van der Waals surface area contributed by atoms with E-state index in [2.05, 4.69) is 26.4 Å². The molecular weight excluding hydrogens is 328 g/mol. The molecule has 1 atom stereocenters. The molecule has 2 aromatic rings. The molecule has 140 valence electrons. The number of amides is 1. The number of nitrogens with zero attached hydrogens (tertiary/aromatic N) is 5. The van der Waals surface area contributed by atoms with Crippen molar-refractivity contribution < 1.29 is 4.79 Å². The lowest BCUT2D eigenvalue weighted by molar-refractivity contribution is -0.123. The van der Waals surface area contributed by atoms with E-state index >= 15 is 0 Å². The van der Waals surface area contributed by atoms with E-state index in [9.17, 15) is 4.79 Å². The number of nitrogens with one attached hydrogen (secondary N) is 1. The van der Waals surface area contributed by atoms with Gasteiger partial charge in [0.25, 0.3) is 0 Å². The molecule has 1 saturated carbocycles. The van der Waals surface area contributed by atoms with Crippen LogP contribution in [0.3, 0.4) is 0 Å². The average Bonchev–Trinajstić information content (AvgIpc) is 3.07. The third-order valence-corrected chi connectivity index (χ3v) is 5.80. The van der Waals surface area contributed by atoms with Crippen molar-refractivity contribution >= 4 is 5.91 Å². The Bertz CT molecular complexity index is 803. The summed E-state index contributed by atoms with van der Waals surface area (Å²) >= 11 is 0. The van der Waals surface area contributed by atoms with Crippen molar-refractivity contribution in [2.24, 2.45) is 20.0 Å². The van der Waals surface area contributed by atoms with E-state index in [-0.39, 0.29) is 11.8 Å². The van der Waals surface area contributed by atoms with Gasteiger partial charge in [0.15, 0.2) is 0 Å². The Kier molecular flexibility index (Phi) is 4.56. The summed E-state index contributed by atoms with van der Waals surface area (Å²) in [5, 5.41) is 7.62. The molecule has 2 aromatic heterocycles. The van der Waals surface area contributed by atoms with Crippen molar-refractivity contribution in [2.45, 2.75) is 45.2 Å². The minimum Gasteiger partial charge on any atom is -0.355 e. The van der Waals surface area contributed by atoms with Crippen LogP contribution < -0.4 is 5.32 Å². The van der Waals surface area contributed by atoms with Crippen LogP contribution in [0.15, 0.2) is 12.4 Å². The van der Waals surface area contributed by atoms with Crippen LogP contribution in [0.2, 0.25) is 0 Å². The van der Waals surface area contributed by atoms with Crippen LogP contribution in [0, 0.1) is 12.8 Å². The number of rotatable bonds is 5. The smallest absolute Gasteiger partial charge is 0.230 e. The minimum atomic E-state index is -0.166. The van der Waals surface area contributed by atoms with Gasteiger partial charge in [0.05, 0.1) is 35.0 Å². The maximum absolute atomic E-state index is 12.9. The number of carbonyl (C=O) groups is 1. The quantitative estimate of drug-likeness (QED) is 0.881. The van der Waals surface area contributed by atoms with Crippen LogP contribution in [-0.2, 0) is 32.0 Å². The Morgan fingerprint density at radius 3 is 2.81 bits per heavy atom. The summed E-state index contributed by atoms with van der Waals surface area (Å²) in [4.78, 5) is 19.8. The molecule has 1 aliphatic carbocycles. The van der Waals surface area contributed by atoms with Gasteiger partial charge in [-0.3, -0.25) is 14.4 Å². The SMILES string of the molecule is Cc1cc(CN2Cc3ncn(C)c3[C@H](C(=O)NCC3CCC3)C2)n(C)n1. The van der Waals surface area contributed by atoms with Crippen LogP contribution >= 0.6 is 0 Å². The first-order valence-corrected chi connectivity index (χ1v) is 9.51. The molecule has 1 N–H and O–H groups in total. The standard InChI is InChI=1S/C19H28N6O/c1-13-7-15(24(3)22-13)9-25-10-16(18-17(11-25)21-12-23(18)2)19(26)20-8-14-5-4-6-14/h7,12,14,16H,4-6,8-11H2,1-3H3,(H,20,26)/t16-/m1/s1. The first-order valence-electron chi connectivity index (χ1n) is 9.51. The molecule has 0 radical (unpaired) electrons. The van der Waals surface area contributed by atoms with E-state index in [1.54, 1.807) is 0 Å². The highest BCUT2D eigenvalue weighted by Gasteiger charge is 2.34. The van der Waals surface area contributed by atoms with E-state index in [1.807, 2.05) is 36.6 Å². The molecule has 7 heteroatoms. The molecule has 0 aromatic carbocycles. The van der Waals surface area contributed by atoms with Crippen molar-refractivity contribution in [3.05, 3.63) is 35.2 Å². The zero-order valence-corrected chi connectivity index (χ0v) is 15.9. The molecule has 1 fully saturated rings. The number of carbonyl (C=O) groups excluding carboxylic acids is 1. The van der Waals surface area contributed by atoms with Gasteiger partial charge in [0.1, 0.15) is 0 Å². The van der Waals surface area contributed by atoms with E-state index in [1.165, 1.54) is 19.3 Å². The van der Waals surface area contributed by atoms with E-state index in [0.29, 0.717) is 12.5 Å². The van der Waals surface area contributed by atoms with Crippen LogP contribution in [0.25, 0.3) is 0 Å².